The molecule has 0 aliphatic carbocycles. The average molecular weight is 226 g/mol. The minimum absolute atomic E-state index is 0.115. The quantitative estimate of drug-likeness (QED) is 0.557. The van der Waals surface area contributed by atoms with Gasteiger partial charge in [-0.1, -0.05) is 0 Å². The first-order chi connectivity index (χ1) is 7.56. The number of hydrogen-bond acceptors (Lipinski definition) is 5. The molecule has 0 spiro atoms. The van der Waals surface area contributed by atoms with Gasteiger partial charge in [0.25, 0.3) is 0 Å². The monoisotopic (exact) mass is 226 g/mol. The van der Waals surface area contributed by atoms with Crippen molar-refractivity contribution in [1.29, 1.82) is 0 Å². The highest BCUT2D eigenvalue weighted by molar-refractivity contribution is 5.88. The number of carboxylic acids is 1. The summed E-state index contributed by atoms with van der Waals surface area (Å²) < 4.78 is 0. The van der Waals surface area contributed by atoms with E-state index in [2.05, 4.69) is 10.3 Å². The maximum absolute atomic E-state index is 10.8. The fourth-order valence-electron chi connectivity index (χ4n) is 1.22. The van der Waals surface area contributed by atoms with Crippen LogP contribution in [0.5, 0.6) is 0 Å². The number of aliphatic hydroxyl groups is 2. The van der Waals surface area contributed by atoms with Crippen molar-refractivity contribution < 1.29 is 20.1 Å². The van der Waals surface area contributed by atoms with Gasteiger partial charge in [0.2, 0.25) is 0 Å². The molecule has 1 aromatic heterocycles. The maximum atomic E-state index is 10.8. The van der Waals surface area contributed by atoms with E-state index in [9.17, 15) is 4.79 Å². The summed E-state index contributed by atoms with van der Waals surface area (Å²) in [7, 11) is 0. The molecule has 0 aromatic carbocycles. The third-order valence-electron chi connectivity index (χ3n) is 1.99. The molecule has 0 aliphatic rings. The van der Waals surface area contributed by atoms with E-state index in [4.69, 9.17) is 15.3 Å². The van der Waals surface area contributed by atoms with Crippen LogP contribution in [-0.2, 0) is 0 Å². The van der Waals surface area contributed by atoms with Crippen molar-refractivity contribution >= 4 is 11.8 Å². The summed E-state index contributed by atoms with van der Waals surface area (Å²) in [4.78, 5) is 14.8. The summed E-state index contributed by atoms with van der Waals surface area (Å²) in [6.07, 6.45) is 0. The molecule has 0 amide bonds. The van der Waals surface area contributed by atoms with Crippen molar-refractivity contribution in [3.8, 4) is 0 Å². The van der Waals surface area contributed by atoms with E-state index in [0.29, 0.717) is 11.5 Å². The van der Waals surface area contributed by atoms with Gasteiger partial charge in [-0.05, 0) is 19.1 Å². The summed E-state index contributed by atoms with van der Waals surface area (Å²) in [5.74, 6) is -0.719. The molecule has 0 bridgehead atoms. The fraction of sp³-hybridized carbons (Fsp3) is 0.400. The van der Waals surface area contributed by atoms with E-state index in [0.717, 1.165) is 0 Å². The van der Waals surface area contributed by atoms with E-state index >= 15 is 0 Å². The van der Waals surface area contributed by atoms with Gasteiger partial charge in [0.1, 0.15) is 5.82 Å². The van der Waals surface area contributed by atoms with Crippen LogP contribution in [-0.4, -0.2) is 45.5 Å². The van der Waals surface area contributed by atoms with Gasteiger partial charge in [0.15, 0.2) is 0 Å². The Labute approximate surface area is 92.6 Å². The van der Waals surface area contributed by atoms with Crippen molar-refractivity contribution in [3.05, 3.63) is 23.4 Å². The maximum Gasteiger partial charge on any atom is 0.335 e. The summed E-state index contributed by atoms with van der Waals surface area (Å²) in [5, 5.41) is 29.3. The number of aromatic carboxylic acids is 1. The molecule has 16 heavy (non-hydrogen) atoms. The van der Waals surface area contributed by atoms with Crippen LogP contribution >= 0.6 is 0 Å². The molecule has 0 unspecified atom stereocenters. The number of anilines is 1. The normalized spacial score (nSPS) is 10.5. The number of pyridine rings is 1. The van der Waals surface area contributed by atoms with Gasteiger partial charge in [-0.2, -0.15) is 0 Å². The van der Waals surface area contributed by atoms with E-state index in [1.165, 1.54) is 12.1 Å². The van der Waals surface area contributed by atoms with Crippen molar-refractivity contribution in [3.63, 3.8) is 0 Å². The highest BCUT2D eigenvalue weighted by Gasteiger charge is 2.10. The summed E-state index contributed by atoms with van der Waals surface area (Å²) >= 11 is 0. The second kappa shape index (κ2) is 5.43. The van der Waals surface area contributed by atoms with E-state index in [1.807, 2.05) is 0 Å². The second-order valence-electron chi connectivity index (χ2n) is 3.39. The third-order valence-corrected chi connectivity index (χ3v) is 1.99. The number of aromatic nitrogens is 1. The number of rotatable bonds is 5. The first-order valence-electron chi connectivity index (χ1n) is 4.77. The lowest BCUT2D eigenvalue weighted by atomic mass is 10.2. The second-order valence-corrected chi connectivity index (χ2v) is 3.39. The lowest BCUT2D eigenvalue weighted by Gasteiger charge is -2.14. The third kappa shape index (κ3) is 3.18. The number of aliphatic hydroxyl groups excluding tert-OH is 2. The Kier molecular flexibility index (Phi) is 4.21. The minimum Gasteiger partial charge on any atom is -0.478 e. The Morgan fingerprint density at radius 1 is 1.44 bits per heavy atom. The first kappa shape index (κ1) is 12.4. The molecule has 0 atom stereocenters. The molecule has 0 radical (unpaired) electrons. The molecule has 0 saturated heterocycles. The predicted molar refractivity (Wildman–Crippen MR) is 57.5 cm³/mol. The molecular formula is C10H14N2O4. The Morgan fingerprint density at radius 2 is 2.06 bits per heavy atom. The highest BCUT2D eigenvalue weighted by atomic mass is 16.4. The Bertz CT molecular complexity index is 377. The van der Waals surface area contributed by atoms with Crippen LogP contribution in [0.25, 0.3) is 0 Å². The standard InChI is InChI=1S/C10H14N2O4/c1-6-2-7(10(15)16)3-9(11-6)12-8(4-13)5-14/h2-3,8,13-14H,4-5H2,1H3,(H,11,12)(H,15,16). The number of carbonyl (C=O) groups is 1. The molecule has 1 heterocycles. The van der Waals surface area contributed by atoms with E-state index in [-0.39, 0.29) is 18.8 Å². The van der Waals surface area contributed by atoms with Gasteiger partial charge < -0.3 is 20.6 Å². The van der Waals surface area contributed by atoms with E-state index in [1.54, 1.807) is 6.92 Å². The van der Waals surface area contributed by atoms with Crippen LogP contribution in [0.15, 0.2) is 12.1 Å². The molecule has 88 valence electrons. The molecule has 1 rings (SSSR count). The van der Waals surface area contributed by atoms with Crippen LogP contribution in [0, 0.1) is 6.92 Å². The lowest BCUT2D eigenvalue weighted by molar-refractivity contribution is 0.0696. The van der Waals surface area contributed by atoms with Crippen LogP contribution in [0.3, 0.4) is 0 Å². The highest BCUT2D eigenvalue weighted by Crippen LogP contribution is 2.11. The predicted octanol–water partition coefficient (Wildman–Crippen LogP) is -0.147. The zero-order valence-electron chi connectivity index (χ0n) is 8.84. The Morgan fingerprint density at radius 3 is 2.56 bits per heavy atom. The molecule has 0 fully saturated rings. The van der Waals surface area contributed by atoms with Crippen LogP contribution < -0.4 is 5.32 Å². The molecule has 6 heteroatoms. The van der Waals surface area contributed by atoms with Crippen molar-refractivity contribution in [2.45, 2.75) is 13.0 Å². The fourth-order valence-corrected chi connectivity index (χ4v) is 1.22. The molecule has 0 aliphatic heterocycles. The minimum atomic E-state index is -1.04. The topological polar surface area (TPSA) is 103 Å². The lowest BCUT2D eigenvalue weighted by Crippen LogP contribution is -2.28. The molecule has 6 nitrogen and oxygen atoms in total. The number of aryl methyl sites for hydroxylation is 1. The Balaban J connectivity index is 2.91. The zero-order chi connectivity index (χ0) is 12.1. The summed E-state index contributed by atoms with van der Waals surface area (Å²) in [5.41, 5.74) is 0.668. The van der Waals surface area contributed by atoms with Crippen LogP contribution in [0.2, 0.25) is 0 Å². The van der Waals surface area contributed by atoms with Crippen molar-refractivity contribution in [1.82, 2.24) is 4.98 Å². The van der Waals surface area contributed by atoms with Gasteiger partial charge in [0, 0.05) is 5.69 Å². The number of carboxylic acid groups (broad SMARTS) is 1. The molecule has 4 N–H and O–H groups in total. The molecular weight excluding hydrogens is 212 g/mol. The van der Waals surface area contributed by atoms with Gasteiger partial charge in [-0.15, -0.1) is 0 Å². The molecule has 1 aromatic rings. The van der Waals surface area contributed by atoms with Gasteiger partial charge in [-0.3, -0.25) is 0 Å². The SMILES string of the molecule is Cc1cc(C(=O)O)cc(NC(CO)CO)n1. The van der Waals surface area contributed by atoms with Gasteiger partial charge in [0.05, 0.1) is 24.8 Å². The summed E-state index contributed by atoms with van der Waals surface area (Å²) in [6, 6.07) is 2.25. The summed E-state index contributed by atoms with van der Waals surface area (Å²) in [6.45, 7) is 1.16. The average Bonchev–Trinajstić information content (AvgIpc) is 2.25. The number of nitrogens with one attached hydrogen (secondary N) is 1. The van der Waals surface area contributed by atoms with Crippen molar-refractivity contribution in [2.75, 3.05) is 18.5 Å². The van der Waals surface area contributed by atoms with Crippen LogP contribution in [0.4, 0.5) is 5.82 Å². The number of nitrogens with zero attached hydrogens (tertiary/aromatic N) is 1. The largest absolute Gasteiger partial charge is 0.478 e. The smallest absolute Gasteiger partial charge is 0.335 e. The van der Waals surface area contributed by atoms with Gasteiger partial charge in [-0.25, -0.2) is 9.78 Å². The van der Waals surface area contributed by atoms with E-state index < -0.39 is 12.0 Å². The van der Waals surface area contributed by atoms with Crippen LogP contribution in [0.1, 0.15) is 16.1 Å². The van der Waals surface area contributed by atoms with Crippen molar-refractivity contribution in [2.24, 2.45) is 0 Å². The zero-order valence-corrected chi connectivity index (χ0v) is 8.84. The number of hydrogen-bond donors (Lipinski definition) is 4. The van der Waals surface area contributed by atoms with Gasteiger partial charge >= 0.3 is 5.97 Å². The first-order valence-corrected chi connectivity index (χ1v) is 4.77. The Hall–Kier alpha value is -1.66. The molecule has 0 saturated carbocycles.